The van der Waals surface area contributed by atoms with Gasteiger partial charge in [0.2, 0.25) is 15.9 Å². The van der Waals surface area contributed by atoms with Crippen molar-refractivity contribution in [1.29, 1.82) is 0 Å². The Morgan fingerprint density at radius 3 is 2.31 bits per heavy atom. The predicted molar refractivity (Wildman–Crippen MR) is 130 cm³/mol. The second-order valence-electron chi connectivity index (χ2n) is 8.66. The number of nitrogens with zero attached hydrogens (tertiary/aromatic N) is 2. The van der Waals surface area contributed by atoms with Gasteiger partial charge in [0.25, 0.3) is 0 Å². The number of sulfonamides is 1. The van der Waals surface area contributed by atoms with Gasteiger partial charge in [0.05, 0.1) is 11.7 Å². The Bertz CT molecular complexity index is 1020. The number of anilines is 2. The summed E-state index contributed by atoms with van der Waals surface area (Å²) in [7, 11) is -3.50. The van der Waals surface area contributed by atoms with Crippen LogP contribution in [0.2, 0.25) is 5.02 Å². The van der Waals surface area contributed by atoms with Gasteiger partial charge in [-0.3, -0.25) is 4.79 Å². The summed E-state index contributed by atoms with van der Waals surface area (Å²) in [5.74, 6) is -0.566. The number of benzene rings is 2. The second-order valence-corrected chi connectivity index (χ2v) is 11.1. The maximum Gasteiger partial charge on any atom is 0.228 e. The molecule has 1 N–H and O–H groups in total. The van der Waals surface area contributed by atoms with Crippen molar-refractivity contribution in [3.8, 4) is 0 Å². The van der Waals surface area contributed by atoms with Crippen molar-refractivity contribution in [3.63, 3.8) is 0 Å². The first-order valence-electron chi connectivity index (χ1n) is 11.3. The molecule has 2 aromatic carbocycles. The van der Waals surface area contributed by atoms with E-state index in [0.29, 0.717) is 30.0 Å². The van der Waals surface area contributed by atoms with Crippen LogP contribution in [0.1, 0.15) is 37.7 Å². The van der Waals surface area contributed by atoms with E-state index in [2.05, 4.69) is 10.2 Å². The Morgan fingerprint density at radius 2 is 1.62 bits per heavy atom. The highest BCUT2D eigenvalue weighted by molar-refractivity contribution is 7.88. The maximum atomic E-state index is 12.9. The van der Waals surface area contributed by atoms with E-state index in [-0.39, 0.29) is 24.1 Å². The van der Waals surface area contributed by atoms with Gasteiger partial charge >= 0.3 is 0 Å². The lowest BCUT2D eigenvalue weighted by Gasteiger charge is -2.31. The van der Waals surface area contributed by atoms with Gasteiger partial charge in [-0.05, 0) is 74.1 Å². The third-order valence-electron chi connectivity index (χ3n) is 6.27. The lowest BCUT2D eigenvalue weighted by atomic mass is 9.98. The molecule has 2 heterocycles. The van der Waals surface area contributed by atoms with Crippen molar-refractivity contribution in [2.75, 3.05) is 36.4 Å². The highest BCUT2D eigenvalue weighted by Gasteiger charge is 2.32. The summed E-state index contributed by atoms with van der Waals surface area (Å²) in [6.07, 6.45) is 5.09. The van der Waals surface area contributed by atoms with Gasteiger partial charge < -0.3 is 10.2 Å². The summed E-state index contributed by atoms with van der Waals surface area (Å²) in [4.78, 5) is 15.2. The van der Waals surface area contributed by atoms with Crippen LogP contribution in [0.3, 0.4) is 0 Å². The number of hydrogen-bond donors (Lipinski definition) is 1. The molecular weight excluding hydrogens is 446 g/mol. The minimum Gasteiger partial charge on any atom is -0.372 e. The number of nitrogens with one attached hydrogen (secondary N) is 1. The van der Waals surface area contributed by atoms with E-state index >= 15 is 0 Å². The fraction of sp³-hybridized carbons (Fsp3) is 0.458. The number of halogens is 1. The molecule has 0 aliphatic carbocycles. The third kappa shape index (κ3) is 5.82. The van der Waals surface area contributed by atoms with E-state index in [1.165, 1.54) is 29.3 Å². The fourth-order valence-electron chi connectivity index (χ4n) is 4.44. The van der Waals surface area contributed by atoms with E-state index in [0.717, 1.165) is 18.8 Å². The summed E-state index contributed by atoms with van der Waals surface area (Å²) >= 11 is 5.89. The molecule has 1 atom stereocenters. The summed E-state index contributed by atoms with van der Waals surface area (Å²) in [5, 5.41) is 3.55. The Kier molecular flexibility index (Phi) is 7.38. The van der Waals surface area contributed by atoms with Gasteiger partial charge in [-0.15, -0.1) is 0 Å². The highest BCUT2D eigenvalue weighted by atomic mass is 35.5. The topological polar surface area (TPSA) is 69.7 Å². The fourth-order valence-corrected chi connectivity index (χ4v) is 6.18. The first-order chi connectivity index (χ1) is 15.4. The summed E-state index contributed by atoms with van der Waals surface area (Å²) in [5.41, 5.74) is 2.62. The van der Waals surface area contributed by atoms with Gasteiger partial charge in [0.1, 0.15) is 0 Å². The average molecular weight is 476 g/mol. The Labute approximate surface area is 195 Å². The van der Waals surface area contributed by atoms with Crippen molar-refractivity contribution in [1.82, 2.24) is 4.31 Å². The first-order valence-corrected chi connectivity index (χ1v) is 13.3. The van der Waals surface area contributed by atoms with Gasteiger partial charge in [0.15, 0.2) is 0 Å². The smallest absolute Gasteiger partial charge is 0.228 e. The standard InChI is InChI=1S/C24H30ClN3O3S/c25-21-8-6-19(7-9-21)18-32(30,31)28-16-4-5-20(17-28)24(29)26-22-10-12-23(13-11-22)27-14-2-1-3-15-27/h6-13,20H,1-5,14-18H2,(H,26,29). The van der Waals surface area contributed by atoms with Crippen molar-refractivity contribution in [2.45, 2.75) is 37.9 Å². The quantitative estimate of drug-likeness (QED) is 0.667. The number of amides is 1. The summed E-state index contributed by atoms with van der Waals surface area (Å²) in [6.45, 7) is 2.82. The molecule has 2 aromatic rings. The zero-order valence-electron chi connectivity index (χ0n) is 18.2. The van der Waals surface area contributed by atoms with Crippen molar-refractivity contribution >= 4 is 38.9 Å². The molecule has 2 saturated heterocycles. The monoisotopic (exact) mass is 475 g/mol. The maximum absolute atomic E-state index is 12.9. The van der Waals surface area contributed by atoms with Gasteiger partial charge in [-0.2, -0.15) is 0 Å². The lowest BCUT2D eigenvalue weighted by molar-refractivity contribution is -0.120. The van der Waals surface area contributed by atoms with Crippen LogP contribution in [-0.4, -0.2) is 44.8 Å². The normalized spacial score (nSPS) is 20.2. The zero-order chi connectivity index (χ0) is 22.6. The Morgan fingerprint density at radius 1 is 0.938 bits per heavy atom. The lowest BCUT2D eigenvalue weighted by Crippen LogP contribution is -2.44. The highest BCUT2D eigenvalue weighted by Crippen LogP contribution is 2.25. The average Bonchev–Trinajstić information content (AvgIpc) is 2.81. The number of rotatable bonds is 6. The molecule has 1 amide bonds. The third-order valence-corrected chi connectivity index (χ3v) is 8.34. The summed E-state index contributed by atoms with van der Waals surface area (Å²) in [6, 6.07) is 14.8. The number of carbonyl (C=O) groups is 1. The largest absolute Gasteiger partial charge is 0.372 e. The molecule has 0 radical (unpaired) electrons. The van der Waals surface area contributed by atoms with Gasteiger partial charge in [0, 0.05) is 42.6 Å². The molecule has 0 saturated carbocycles. The molecule has 0 spiro atoms. The van der Waals surface area contributed by atoms with E-state index in [4.69, 9.17) is 11.6 Å². The van der Waals surface area contributed by atoms with Crippen LogP contribution in [0, 0.1) is 5.92 Å². The van der Waals surface area contributed by atoms with Crippen molar-refractivity contribution in [2.24, 2.45) is 5.92 Å². The molecule has 2 fully saturated rings. The Balaban J connectivity index is 1.35. The second kappa shape index (κ2) is 10.2. The molecule has 2 aliphatic heterocycles. The molecule has 6 nitrogen and oxygen atoms in total. The first kappa shape index (κ1) is 23.1. The minimum absolute atomic E-state index is 0.0868. The molecule has 172 valence electrons. The van der Waals surface area contributed by atoms with Gasteiger partial charge in [-0.25, -0.2) is 12.7 Å². The van der Waals surface area contributed by atoms with E-state index in [1.807, 2.05) is 24.3 Å². The SMILES string of the molecule is O=C(Nc1ccc(N2CCCCC2)cc1)C1CCCN(S(=O)(=O)Cc2ccc(Cl)cc2)C1. The molecular formula is C24H30ClN3O3S. The molecule has 2 aliphatic rings. The van der Waals surface area contributed by atoms with E-state index < -0.39 is 10.0 Å². The molecule has 32 heavy (non-hydrogen) atoms. The number of piperidine rings is 2. The van der Waals surface area contributed by atoms with Crippen LogP contribution in [0.5, 0.6) is 0 Å². The van der Waals surface area contributed by atoms with E-state index in [1.54, 1.807) is 24.3 Å². The molecule has 0 aromatic heterocycles. The molecule has 1 unspecified atom stereocenters. The Hall–Kier alpha value is -2.09. The summed E-state index contributed by atoms with van der Waals surface area (Å²) < 4.78 is 27.3. The van der Waals surface area contributed by atoms with Gasteiger partial charge in [-0.1, -0.05) is 23.7 Å². The number of hydrogen-bond acceptors (Lipinski definition) is 4. The van der Waals surface area contributed by atoms with Crippen LogP contribution in [0.4, 0.5) is 11.4 Å². The van der Waals surface area contributed by atoms with Crippen LogP contribution >= 0.6 is 11.6 Å². The van der Waals surface area contributed by atoms with Crippen LogP contribution in [0.15, 0.2) is 48.5 Å². The van der Waals surface area contributed by atoms with Crippen molar-refractivity contribution < 1.29 is 13.2 Å². The molecule has 0 bridgehead atoms. The van der Waals surface area contributed by atoms with Crippen LogP contribution in [-0.2, 0) is 20.6 Å². The minimum atomic E-state index is -3.50. The van der Waals surface area contributed by atoms with Crippen molar-refractivity contribution in [3.05, 3.63) is 59.1 Å². The molecule has 8 heteroatoms. The number of carbonyl (C=O) groups excluding carboxylic acids is 1. The predicted octanol–water partition coefficient (Wildman–Crippen LogP) is 4.51. The van der Waals surface area contributed by atoms with Crippen LogP contribution in [0.25, 0.3) is 0 Å². The molecule has 4 rings (SSSR count). The van der Waals surface area contributed by atoms with Crippen LogP contribution < -0.4 is 10.2 Å². The van der Waals surface area contributed by atoms with E-state index in [9.17, 15) is 13.2 Å². The zero-order valence-corrected chi connectivity index (χ0v) is 19.7.